The highest BCUT2D eigenvalue weighted by Gasteiger charge is 2.24. The van der Waals surface area contributed by atoms with Gasteiger partial charge < -0.3 is 9.73 Å². The smallest absolute Gasteiger partial charge is 0.332 e. The molecule has 2 heterocycles. The molecule has 0 saturated carbocycles. The Bertz CT molecular complexity index is 1030. The molecule has 0 radical (unpaired) electrons. The van der Waals surface area contributed by atoms with Gasteiger partial charge in [-0.2, -0.15) is 0 Å². The number of furan rings is 1. The van der Waals surface area contributed by atoms with Gasteiger partial charge in [0.25, 0.3) is 5.56 Å². The predicted molar refractivity (Wildman–Crippen MR) is 98.0 cm³/mol. The topological polar surface area (TPSA) is 86.2 Å². The van der Waals surface area contributed by atoms with Crippen molar-refractivity contribution < 1.29 is 9.21 Å². The Morgan fingerprint density at radius 1 is 1.15 bits per heavy atom. The fourth-order valence-corrected chi connectivity index (χ4v) is 3.10. The molecule has 0 saturated heterocycles. The molecule has 1 amide bonds. The molecule has 0 aliphatic carbocycles. The van der Waals surface area contributed by atoms with Gasteiger partial charge in [0, 0.05) is 6.54 Å². The Kier molecular flexibility index (Phi) is 5.06. The second kappa shape index (κ2) is 7.43. The second-order valence-electron chi connectivity index (χ2n) is 5.94. The van der Waals surface area contributed by atoms with E-state index in [0.29, 0.717) is 23.1 Å². The Balaban J connectivity index is 2.08. The maximum atomic E-state index is 12.9. The fraction of sp³-hybridized carbons (Fsp3) is 0.316. The SMILES string of the molecule is CC[C@@H](C(=O)NCc1ccco1)n1c(=O)n(CC)c(=O)c2ccccc21. The van der Waals surface area contributed by atoms with Crippen molar-refractivity contribution in [1.82, 2.24) is 14.5 Å². The van der Waals surface area contributed by atoms with Crippen molar-refractivity contribution >= 4 is 16.8 Å². The lowest BCUT2D eigenvalue weighted by Gasteiger charge is -2.21. The average molecular weight is 355 g/mol. The predicted octanol–water partition coefficient (Wildman–Crippen LogP) is 2.04. The van der Waals surface area contributed by atoms with Crippen LogP contribution in [0.2, 0.25) is 0 Å². The van der Waals surface area contributed by atoms with Crippen molar-refractivity contribution in [2.45, 2.75) is 39.4 Å². The Labute approximate surface area is 149 Å². The summed E-state index contributed by atoms with van der Waals surface area (Å²) in [6, 6.07) is 9.65. The van der Waals surface area contributed by atoms with Crippen LogP contribution in [-0.2, 0) is 17.9 Å². The molecule has 0 aliphatic rings. The number of amides is 1. The lowest BCUT2D eigenvalue weighted by Crippen LogP contribution is -2.44. The number of fused-ring (bicyclic) bond motifs is 1. The molecule has 0 unspecified atom stereocenters. The molecule has 136 valence electrons. The molecule has 1 aromatic carbocycles. The number of benzene rings is 1. The molecule has 0 aliphatic heterocycles. The monoisotopic (exact) mass is 355 g/mol. The van der Waals surface area contributed by atoms with Crippen LogP contribution in [0.15, 0.2) is 56.7 Å². The second-order valence-corrected chi connectivity index (χ2v) is 5.94. The maximum absolute atomic E-state index is 12.9. The highest BCUT2D eigenvalue weighted by molar-refractivity contribution is 5.84. The van der Waals surface area contributed by atoms with Crippen LogP contribution in [0.5, 0.6) is 0 Å². The molecular formula is C19H21N3O4. The third-order valence-electron chi connectivity index (χ3n) is 4.41. The maximum Gasteiger partial charge on any atom is 0.332 e. The zero-order chi connectivity index (χ0) is 18.7. The minimum Gasteiger partial charge on any atom is -0.467 e. The van der Waals surface area contributed by atoms with E-state index in [4.69, 9.17) is 4.42 Å². The summed E-state index contributed by atoms with van der Waals surface area (Å²) in [5.41, 5.74) is -0.349. The van der Waals surface area contributed by atoms with Gasteiger partial charge in [-0.05, 0) is 37.6 Å². The van der Waals surface area contributed by atoms with Crippen LogP contribution in [0.3, 0.4) is 0 Å². The number of carbonyl (C=O) groups excluding carboxylic acids is 1. The summed E-state index contributed by atoms with van der Waals surface area (Å²) in [6.45, 7) is 4.05. The third-order valence-corrected chi connectivity index (χ3v) is 4.41. The number of para-hydroxylation sites is 1. The first-order valence-corrected chi connectivity index (χ1v) is 8.62. The minimum absolute atomic E-state index is 0.239. The highest BCUT2D eigenvalue weighted by atomic mass is 16.3. The van der Waals surface area contributed by atoms with Crippen LogP contribution in [0.25, 0.3) is 10.9 Å². The van der Waals surface area contributed by atoms with Gasteiger partial charge in [0.15, 0.2) is 0 Å². The molecular weight excluding hydrogens is 334 g/mol. The van der Waals surface area contributed by atoms with E-state index in [1.807, 2.05) is 6.92 Å². The Morgan fingerprint density at radius 2 is 1.92 bits per heavy atom. The van der Waals surface area contributed by atoms with Gasteiger partial charge >= 0.3 is 5.69 Å². The van der Waals surface area contributed by atoms with Crippen LogP contribution >= 0.6 is 0 Å². The molecule has 3 aromatic rings. The Morgan fingerprint density at radius 3 is 2.58 bits per heavy atom. The summed E-state index contributed by atoms with van der Waals surface area (Å²) in [5.74, 6) is 0.335. The molecule has 1 atom stereocenters. The molecule has 7 nitrogen and oxygen atoms in total. The number of hydrogen-bond acceptors (Lipinski definition) is 4. The summed E-state index contributed by atoms with van der Waals surface area (Å²) in [7, 11) is 0. The first-order valence-electron chi connectivity index (χ1n) is 8.62. The number of hydrogen-bond donors (Lipinski definition) is 1. The van der Waals surface area contributed by atoms with Gasteiger partial charge in [-0.3, -0.25) is 18.7 Å². The van der Waals surface area contributed by atoms with Crippen LogP contribution in [-0.4, -0.2) is 15.0 Å². The first kappa shape index (κ1) is 17.7. The molecule has 2 aromatic heterocycles. The van der Waals surface area contributed by atoms with Gasteiger partial charge in [0.2, 0.25) is 5.91 Å². The summed E-state index contributed by atoms with van der Waals surface area (Å²) < 4.78 is 7.79. The molecule has 3 rings (SSSR count). The minimum atomic E-state index is -0.722. The van der Waals surface area contributed by atoms with Crippen LogP contribution in [0.4, 0.5) is 0 Å². The summed E-state index contributed by atoms with van der Waals surface area (Å²) in [4.78, 5) is 38.2. The molecule has 7 heteroatoms. The number of rotatable bonds is 6. The quantitative estimate of drug-likeness (QED) is 0.733. The zero-order valence-electron chi connectivity index (χ0n) is 14.8. The summed E-state index contributed by atoms with van der Waals surface area (Å²) in [5, 5.41) is 3.22. The van der Waals surface area contributed by atoms with Crippen molar-refractivity contribution in [2.24, 2.45) is 0 Å². The number of nitrogens with zero attached hydrogens (tertiary/aromatic N) is 2. The fourth-order valence-electron chi connectivity index (χ4n) is 3.10. The van der Waals surface area contributed by atoms with Crippen molar-refractivity contribution in [3.63, 3.8) is 0 Å². The Hall–Kier alpha value is -3.09. The third kappa shape index (κ3) is 3.08. The van der Waals surface area contributed by atoms with E-state index in [9.17, 15) is 14.4 Å². The molecule has 26 heavy (non-hydrogen) atoms. The molecule has 1 N–H and O–H groups in total. The van der Waals surface area contributed by atoms with E-state index >= 15 is 0 Å². The normalized spacial score (nSPS) is 12.2. The molecule has 0 fully saturated rings. The molecule has 0 bridgehead atoms. The zero-order valence-corrected chi connectivity index (χ0v) is 14.8. The van der Waals surface area contributed by atoms with E-state index < -0.39 is 11.7 Å². The van der Waals surface area contributed by atoms with Crippen molar-refractivity contribution in [3.8, 4) is 0 Å². The standard InChI is InChI=1S/C19H21N3O4/c1-3-15(17(23)20-12-13-8-7-11-26-13)22-16-10-6-5-9-14(16)18(24)21(4-2)19(22)25/h5-11,15H,3-4,12H2,1-2H3,(H,20,23)/t15-/m0/s1. The van der Waals surface area contributed by atoms with E-state index in [1.54, 1.807) is 43.3 Å². The average Bonchev–Trinajstić information content (AvgIpc) is 3.17. The number of nitrogens with one attached hydrogen (secondary N) is 1. The number of aromatic nitrogens is 2. The van der Waals surface area contributed by atoms with Crippen molar-refractivity contribution in [2.75, 3.05) is 0 Å². The van der Waals surface area contributed by atoms with Gasteiger partial charge in [0.1, 0.15) is 11.8 Å². The lowest BCUT2D eigenvalue weighted by atomic mass is 10.1. The van der Waals surface area contributed by atoms with E-state index in [1.165, 1.54) is 10.8 Å². The molecule has 0 spiro atoms. The van der Waals surface area contributed by atoms with Crippen LogP contribution in [0.1, 0.15) is 32.1 Å². The lowest BCUT2D eigenvalue weighted by molar-refractivity contribution is -0.124. The summed E-state index contributed by atoms with van der Waals surface area (Å²) >= 11 is 0. The highest BCUT2D eigenvalue weighted by Crippen LogP contribution is 2.16. The largest absolute Gasteiger partial charge is 0.467 e. The van der Waals surface area contributed by atoms with Gasteiger partial charge in [0.05, 0.1) is 23.7 Å². The van der Waals surface area contributed by atoms with Gasteiger partial charge in [-0.15, -0.1) is 0 Å². The first-order chi connectivity index (χ1) is 12.6. The van der Waals surface area contributed by atoms with Crippen LogP contribution in [0, 0.1) is 0 Å². The van der Waals surface area contributed by atoms with E-state index in [-0.39, 0.29) is 24.6 Å². The van der Waals surface area contributed by atoms with Gasteiger partial charge in [-0.25, -0.2) is 4.79 Å². The van der Waals surface area contributed by atoms with Crippen molar-refractivity contribution in [1.29, 1.82) is 0 Å². The number of carbonyl (C=O) groups is 1. The van der Waals surface area contributed by atoms with Crippen molar-refractivity contribution in [3.05, 3.63) is 69.3 Å². The summed E-state index contributed by atoms with van der Waals surface area (Å²) in [6.07, 6.45) is 1.95. The van der Waals surface area contributed by atoms with Gasteiger partial charge in [-0.1, -0.05) is 19.1 Å². The van der Waals surface area contributed by atoms with Crippen LogP contribution < -0.4 is 16.6 Å². The van der Waals surface area contributed by atoms with E-state index in [0.717, 1.165) is 4.57 Å². The van der Waals surface area contributed by atoms with E-state index in [2.05, 4.69) is 5.32 Å².